The van der Waals surface area contributed by atoms with E-state index in [4.69, 9.17) is 21.0 Å². The number of hydrogen-bond donors (Lipinski definition) is 1. The molecule has 5 heteroatoms. The summed E-state index contributed by atoms with van der Waals surface area (Å²) in [6, 6.07) is 7.37. The van der Waals surface area contributed by atoms with Crippen molar-refractivity contribution in [3.63, 3.8) is 0 Å². The first-order chi connectivity index (χ1) is 9.67. The lowest BCUT2D eigenvalue weighted by Crippen LogP contribution is -2.33. The van der Waals surface area contributed by atoms with Crippen LogP contribution in [0.15, 0.2) is 24.3 Å². The van der Waals surface area contributed by atoms with Gasteiger partial charge in [-0.15, -0.1) is 6.42 Å². The molecule has 1 aromatic rings. The third-order valence-corrected chi connectivity index (χ3v) is 2.49. The molecule has 0 atom stereocenters. The summed E-state index contributed by atoms with van der Waals surface area (Å²) in [5, 5.41) is 8.77. The van der Waals surface area contributed by atoms with Gasteiger partial charge in [-0.25, -0.2) is 0 Å². The van der Waals surface area contributed by atoms with Crippen LogP contribution in [0, 0.1) is 12.3 Å². The quantitative estimate of drug-likeness (QED) is 0.693. The van der Waals surface area contributed by atoms with Gasteiger partial charge >= 0.3 is 5.97 Å². The van der Waals surface area contributed by atoms with Crippen LogP contribution in [-0.4, -0.2) is 48.8 Å². The van der Waals surface area contributed by atoms with Gasteiger partial charge in [-0.1, -0.05) is 18.1 Å². The van der Waals surface area contributed by atoms with E-state index in [1.54, 1.807) is 4.90 Å². The Kier molecular flexibility index (Phi) is 7.01. The molecule has 0 aromatic heterocycles. The van der Waals surface area contributed by atoms with Crippen molar-refractivity contribution in [3.8, 4) is 23.8 Å². The molecule has 0 saturated heterocycles. The molecule has 20 heavy (non-hydrogen) atoms. The van der Waals surface area contributed by atoms with Crippen molar-refractivity contribution in [2.24, 2.45) is 0 Å². The SMILES string of the molecule is C#CCN(CCOc1ccccc1OCC)CC(=O)O. The first kappa shape index (κ1) is 15.9. The molecular formula is C15H19NO4. The van der Waals surface area contributed by atoms with Gasteiger partial charge in [0.25, 0.3) is 0 Å². The van der Waals surface area contributed by atoms with Crippen LogP contribution in [0.2, 0.25) is 0 Å². The fraction of sp³-hybridized carbons (Fsp3) is 0.400. The van der Waals surface area contributed by atoms with Crippen LogP contribution in [0.25, 0.3) is 0 Å². The molecule has 0 spiro atoms. The van der Waals surface area contributed by atoms with E-state index in [0.717, 1.165) is 0 Å². The molecule has 0 aliphatic carbocycles. The van der Waals surface area contributed by atoms with Gasteiger partial charge in [0.1, 0.15) is 6.61 Å². The number of carbonyl (C=O) groups is 1. The van der Waals surface area contributed by atoms with Gasteiger partial charge in [-0.3, -0.25) is 9.69 Å². The molecular weight excluding hydrogens is 258 g/mol. The summed E-state index contributed by atoms with van der Waals surface area (Å²) in [4.78, 5) is 12.3. The average molecular weight is 277 g/mol. The van der Waals surface area contributed by atoms with Crippen LogP contribution in [0.1, 0.15) is 6.92 Å². The second kappa shape index (κ2) is 8.83. The Morgan fingerprint density at radius 2 is 2.00 bits per heavy atom. The average Bonchev–Trinajstić information content (AvgIpc) is 2.40. The van der Waals surface area contributed by atoms with Crippen molar-refractivity contribution in [3.05, 3.63) is 24.3 Å². The van der Waals surface area contributed by atoms with Crippen LogP contribution in [0.3, 0.4) is 0 Å². The number of rotatable bonds is 9. The highest BCUT2D eigenvalue weighted by molar-refractivity contribution is 5.69. The van der Waals surface area contributed by atoms with E-state index in [2.05, 4.69) is 5.92 Å². The molecule has 5 nitrogen and oxygen atoms in total. The third-order valence-electron chi connectivity index (χ3n) is 2.49. The smallest absolute Gasteiger partial charge is 0.317 e. The minimum Gasteiger partial charge on any atom is -0.490 e. The first-order valence-electron chi connectivity index (χ1n) is 6.39. The number of carboxylic acid groups (broad SMARTS) is 1. The fourth-order valence-corrected chi connectivity index (χ4v) is 1.66. The molecule has 1 N–H and O–H groups in total. The Labute approximate surface area is 119 Å². The molecule has 0 radical (unpaired) electrons. The molecule has 0 aliphatic heterocycles. The summed E-state index contributed by atoms with van der Waals surface area (Å²) >= 11 is 0. The lowest BCUT2D eigenvalue weighted by molar-refractivity contribution is -0.138. The standard InChI is InChI=1S/C15H19NO4/c1-3-9-16(12-15(17)18)10-11-20-14-8-6-5-7-13(14)19-4-2/h1,5-8H,4,9-12H2,2H3,(H,17,18). The monoisotopic (exact) mass is 277 g/mol. The Balaban J connectivity index is 2.50. The first-order valence-corrected chi connectivity index (χ1v) is 6.39. The highest BCUT2D eigenvalue weighted by Crippen LogP contribution is 2.26. The summed E-state index contributed by atoms with van der Waals surface area (Å²) in [5.74, 6) is 2.85. The molecule has 108 valence electrons. The van der Waals surface area contributed by atoms with Crippen LogP contribution in [0.5, 0.6) is 11.5 Å². The lowest BCUT2D eigenvalue weighted by Gasteiger charge is -2.18. The van der Waals surface area contributed by atoms with Gasteiger partial charge in [0.2, 0.25) is 0 Å². The molecule has 0 bridgehead atoms. The maximum Gasteiger partial charge on any atom is 0.317 e. The minimum atomic E-state index is -0.907. The van der Waals surface area contributed by atoms with Gasteiger partial charge in [0.15, 0.2) is 11.5 Å². The Hall–Kier alpha value is -2.19. The molecule has 0 heterocycles. The largest absolute Gasteiger partial charge is 0.490 e. The second-order valence-corrected chi connectivity index (χ2v) is 4.04. The van der Waals surface area contributed by atoms with E-state index in [1.807, 2.05) is 31.2 Å². The van der Waals surface area contributed by atoms with Crippen LogP contribution < -0.4 is 9.47 Å². The summed E-state index contributed by atoms with van der Waals surface area (Å²) in [7, 11) is 0. The topological polar surface area (TPSA) is 59.0 Å². The predicted octanol–water partition coefficient (Wildman–Crippen LogP) is 1.48. The zero-order valence-corrected chi connectivity index (χ0v) is 11.5. The summed E-state index contributed by atoms with van der Waals surface area (Å²) < 4.78 is 11.1. The highest BCUT2D eigenvalue weighted by Gasteiger charge is 2.09. The van der Waals surface area contributed by atoms with E-state index < -0.39 is 5.97 Å². The number of terminal acetylenes is 1. The third kappa shape index (κ3) is 5.63. The number of aliphatic carboxylic acids is 1. The number of nitrogens with zero attached hydrogens (tertiary/aromatic N) is 1. The van der Waals surface area contributed by atoms with Gasteiger partial charge in [0.05, 0.1) is 19.7 Å². The van der Waals surface area contributed by atoms with Crippen LogP contribution in [0.4, 0.5) is 0 Å². The maximum absolute atomic E-state index is 10.7. The highest BCUT2D eigenvalue weighted by atomic mass is 16.5. The van der Waals surface area contributed by atoms with Crippen molar-refractivity contribution in [1.29, 1.82) is 0 Å². The van der Waals surface area contributed by atoms with Gasteiger partial charge in [-0.2, -0.15) is 0 Å². The van der Waals surface area contributed by atoms with E-state index in [0.29, 0.717) is 31.3 Å². The second-order valence-electron chi connectivity index (χ2n) is 4.04. The number of ether oxygens (including phenoxy) is 2. The Morgan fingerprint density at radius 1 is 1.35 bits per heavy atom. The van der Waals surface area contributed by atoms with Crippen molar-refractivity contribution in [1.82, 2.24) is 4.90 Å². The van der Waals surface area contributed by atoms with Crippen molar-refractivity contribution < 1.29 is 19.4 Å². The molecule has 0 unspecified atom stereocenters. The Morgan fingerprint density at radius 3 is 2.55 bits per heavy atom. The predicted molar refractivity (Wildman–Crippen MR) is 76.0 cm³/mol. The van der Waals surface area contributed by atoms with Crippen LogP contribution >= 0.6 is 0 Å². The summed E-state index contributed by atoms with van der Waals surface area (Å²) in [5.41, 5.74) is 0. The van der Waals surface area contributed by atoms with E-state index >= 15 is 0 Å². The molecule has 1 aromatic carbocycles. The van der Waals surface area contributed by atoms with Gasteiger partial charge in [-0.05, 0) is 19.1 Å². The normalized spacial score (nSPS) is 10.1. The number of hydrogen-bond acceptors (Lipinski definition) is 4. The summed E-state index contributed by atoms with van der Waals surface area (Å²) in [6.45, 7) is 3.43. The van der Waals surface area contributed by atoms with E-state index in [1.165, 1.54) is 0 Å². The van der Waals surface area contributed by atoms with Crippen molar-refractivity contribution in [2.75, 3.05) is 32.8 Å². The van der Waals surface area contributed by atoms with Gasteiger partial charge in [0, 0.05) is 6.54 Å². The van der Waals surface area contributed by atoms with Crippen molar-refractivity contribution in [2.45, 2.75) is 6.92 Å². The number of para-hydroxylation sites is 2. The molecule has 0 fully saturated rings. The molecule has 0 aliphatic rings. The molecule has 0 amide bonds. The zero-order valence-electron chi connectivity index (χ0n) is 11.5. The Bertz CT molecular complexity index is 467. The summed E-state index contributed by atoms with van der Waals surface area (Å²) in [6.07, 6.45) is 5.21. The molecule has 1 rings (SSSR count). The fourth-order valence-electron chi connectivity index (χ4n) is 1.66. The van der Waals surface area contributed by atoms with Crippen LogP contribution in [-0.2, 0) is 4.79 Å². The van der Waals surface area contributed by atoms with E-state index in [-0.39, 0.29) is 13.1 Å². The zero-order chi connectivity index (χ0) is 14.8. The number of benzene rings is 1. The number of carboxylic acids is 1. The van der Waals surface area contributed by atoms with E-state index in [9.17, 15) is 4.79 Å². The lowest BCUT2D eigenvalue weighted by atomic mass is 10.3. The van der Waals surface area contributed by atoms with Gasteiger partial charge < -0.3 is 14.6 Å². The maximum atomic E-state index is 10.7. The molecule has 0 saturated carbocycles. The van der Waals surface area contributed by atoms with Crippen molar-refractivity contribution >= 4 is 5.97 Å². The minimum absolute atomic E-state index is 0.0966.